The number of rotatable bonds is 5. The lowest BCUT2D eigenvalue weighted by Crippen LogP contribution is -2.38. The second-order valence-corrected chi connectivity index (χ2v) is 7.62. The Bertz CT molecular complexity index is 986. The quantitative estimate of drug-likeness (QED) is 0.661. The molecule has 0 bridgehead atoms. The van der Waals surface area contributed by atoms with Gasteiger partial charge in [0.25, 0.3) is 5.89 Å². The number of piperidine rings is 1. The van der Waals surface area contributed by atoms with Gasteiger partial charge in [-0.1, -0.05) is 5.16 Å². The van der Waals surface area contributed by atoms with E-state index in [1.54, 1.807) is 12.4 Å². The fraction of sp³-hybridized carbons (Fsp3) is 0.476. The number of pyridine rings is 1. The standard InChI is InChI=1S/C21H26N6O2/c1-14-15(2)24-27(16(14)3)13-8-19(28)26-11-6-17(7-12-26)20-23-21(29-25-20)18-4-9-22-10-5-18/h4-5,9-10,17H,6-8,11-13H2,1-3H3. The second-order valence-electron chi connectivity index (χ2n) is 7.62. The smallest absolute Gasteiger partial charge is 0.258 e. The molecule has 1 amide bonds. The summed E-state index contributed by atoms with van der Waals surface area (Å²) in [5, 5.41) is 8.68. The molecule has 29 heavy (non-hydrogen) atoms. The highest BCUT2D eigenvalue weighted by Gasteiger charge is 2.27. The number of aromatic nitrogens is 5. The van der Waals surface area contributed by atoms with Gasteiger partial charge in [0.05, 0.1) is 5.69 Å². The van der Waals surface area contributed by atoms with Crippen molar-refractivity contribution in [1.29, 1.82) is 0 Å². The summed E-state index contributed by atoms with van der Waals surface area (Å²) in [7, 11) is 0. The highest BCUT2D eigenvalue weighted by molar-refractivity contribution is 5.76. The number of aryl methyl sites for hydroxylation is 2. The molecule has 0 radical (unpaired) electrons. The maximum absolute atomic E-state index is 12.6. The van der Waals surface area contributed by atoms with Gasteiger partial charge in [0.2, 0.25) is 5.91 Å². The van der Waals surface area contributed by atoms with E-state index in [4.69, 9.17) is 4.52 Å². The molecule has 1 saturated heterocycles. The van der Waals surface area contributed by atoms with E-state index in [1.165, 1.54) is 5.56 Å². The first kappa shape index (κ1) is 19.3. The molecule has 0 unspecified atom stereocenters. The SMILES string of the molecule is Cc1nn(CCC(=O)N2CCC(c3noc(-c4ccncc4)n3)CC2)c(C)c1C. The molecule has 8 heteroatoms. The summed E-state index contributed by atoms with van der Waals surface area (Å²) >= 11 is 0. The number of carbonyl (C=O) groups excluding carboxylic acids is 1. The van der Waals surface area contributed by atoms with E-state index < -0.39 is 0 Å². The minimum Gasteiger partial charge on any atom is -0.343 e. The molecule has 1 fully saturated rings. The number of amides is 1. The zero-order chi connectivity index (χ0) is 20.4. The van der Waals surface area contributed by atoms with E-state index in [9.17, 15) is 4.79 Å². The van der Waals surface area contributed by atoms with Crippen LogP contribution in [0, 0.1) is 20.8 Å². The molecule has 0 saturated carbocycles. The summed E-state index contributed by atoms with van der Waals surface area (Å²) in [5.74, 6) is 1.64. The highest BCUT2D eigenvalue weighted by atomic mass is 16.5. The Morgan fingerprint density at radius 2 is 1.90 bits per heavy atom. The zero-order valence-corrected chi connectivity index (χ0v) is 17.1. The molecular weight excluding hydrogens is 368 g/mol. The van der Waals surface area contributed by atoms with Gasteiger partial charge in [-0.2, -0.15) is 10.1 Å². The molecule has 1 aliphatic heterocycles. The van der Waals surface area contributed by atoms with Crippen molar-refractivity contribution in [2.75, 3.05) is 13.1 Å². The number of hydrogen-bond donors (Lipinski definition) is 0. The van der Waals surface area contributed by atoms with E-state index in [1.807, 2.05) is 28.6 Å². The van der Waals surface area contributed by atoms with Gasteiger partial charge in [-0.15, -0.1) is 0 Å². The molecular formula is C21H26N6O2. The van der Waals surface area contributed by atoms with Crippen LogP contribution in [0.2, 0.25) is 0 Å². The van der Waals surface area contributed by atoms with Crippen LogP contribution in [-0.2, 0) is 11.3 Å². The van der Waals surface area contributed by atoms with Crippen LogP contribution in [0.1, 0.15) is 48.0 Å². The van der Waals surface area contributed by atoms with Gasteiger partial charge >= 0.3 is 0 Å². The van der Waals surface area contributed by atoms with E-state index in [0.29, 0.717) is 18.9 Å². The van der Waals surface area contributed by atoms with E-state index in [0.717, 1.165) is 48.7 Å². The van der Waals surface area contributed by atoms with Crippen molar-refractivity contribution >= 4 is 5.91 Å². The Balaban J connectivity index is 1.30. The third-order valence-corrected chi connectivity index (χ3v) is 5.86. The van der Waals surface area contributed by atoms with Crippen molar-refractivity contribution < 1.29 is 9.32 Å². The first-order chi connectivity index (χ1) is 14.0. The Morgan fingerprint density at radius 1 is 1.17 bits per heavy atom. The molecule has 0 N–H and O–H groups in total. The van der Waals surface area contributed by atoms with Gasteiger partial charge in [0.1, 0.15) is 0 Å². The molecule has 8 nitrogen and oxygen atoms in total. The molecule has 0 aromatic carbocycles. The predicted molar refractivity (Wildman–Crippen MR) is 107 cm³/mol. The normalized spacial score (nSPS) is 15.1. The molecule has 3 aromatic heterocycles. The largest absolute Gasteiger partial charge is 0.343 e. The minimum atomic E-state index is 0.180. The fourth-order valence-corrected chi connectivity index (χ4v) is 3.76. The maximum atomic E-state index is 12.6. The third kappa shape index (κ3) is 4.06. The van der Waals surface area contributed by atoms with Crippen molar-refractivity contribution in [2.24, 2.45) is 0 Å². The lowest BCUT2D eigenvalue weighted by atomic mass is 9.96. The molecule has 0 atom stereocenters. The van der Waals surface area contributed by atoms with Gasteiger partial charge in [0.15, 0.2) is 5.82 Å². The van der Waals surface area contributed by atoms with E-state index >= 15 is 0 Å². The summed E-state index contributed by atoms with van der Waals surface area (Å²) in [5.41, 5.74) is 4.23. The third-order valence-electron chi connectivity index (χ3n) is 5.86. The van der Waals surface area contributed by atoms with Crippen LogP contribution < -0.4 is 0 Å². The van der Waals surface area contributed by atoms with Crippen molar-refractivity contribution in [3.63, 3.8) is 0 Å². The van der Waals surface area contributed by atoms with Gasteiger partial charge in [-0.3, -0.25) is 14.5 Å². The maximum Gasteiger partial charge on any atom is 0.258 e. The van der Waals surface area contributed by atoms with Gasteiger partial charge in [-0.05, 0) is 51.3 Å². The first-order valence-electron chi connectivity index (χ1n) is 10.1. The van der Waals surface area contributed by atoms with Crippen LogP contribution in [0.3, 0.4) is 0 Å². The molecule has 4 rings (SSSR count). The molecule has 152 valence electrons. The molecule has 0 spiro atoms. The average molecular weight is 394 g/mol. The van der Waals surface area contributed by atoms with E-state index in [2.05, 4.69) is 34.1 Å². The average Bonchev–Trinajstić information content (AvgIpc) is 3.34. The first-order valence-corrected chi connectivity index (χ1v) is 10.1. The fourth-order valence-electron chi connectivity index (χ4n) is 3.76. The monoisotopic (exact) mass is 394 g/mol. The van der Waals surface area contributed by atoms with Crippen LogP contribution in [-0.4, -0.2) is 48.8 Å². The Labute approximate surface area is 169 Å². The number of nitrogens with zero attached hydrogens (tertiary/aromatic N) is 6. The van der Waals surface area contributed by atoms with Crippen molar-refractivity contribution in [3.8, 4) is 11.5 Å². The van der Waals surface area contributed by atoms with Gasteiger partial charge in [-0.25, -0.2) is 0 Å². The van der Waals surface area contributed by atoms with Gasteiger partial charge < -0.3 is 9.42 Å². The van der Waals surface area contributed by atoms with Gasteiger partial charge in [0, 0.05) is 55.6 Å². The van der Waals surface area contributed by atoms with Crippen LogP contribution in [0.25, 0.3) is 11.5 Å². The van der Waals surface area contributed by atoms with Crippen molar-refractivity contribution in [1.82, 2.24) is 29.8 Å². The van der Waals surface area contributed by atoms with Crippen LogP contribution in [0.15, 0.2) is 29.0 Å². The number of hydrogen-bond acceptors (Lipinski definition) is 6. The topological polar surface area (TPSA) is 89.9 Å². The minimum absolute atomic E-state index is 0.180. The summed E-state index contributed by atoms with van der Waals surface area (Å²) in [4.78, 5) is 23.1. The Morgan fingerprint density at radius 3 is 2.55 bits per heavy atom. The predicted octanol–water partition coefficient (Wildman–Crippen LogP) is 3.05. The lowest BCUT2D eigenvalue weighted by Gasteiger charge is -2.30. The molecule has 0 aliphatic carbocycles. The zero-order valence-electron chi connectivity index (χ0n) is 17.1. The van der Waals surface area contributed by atoms with Crippen LogP contribution in [0.5, 0.6) is 0 Å². The van der Waals surface area contributed by atoms with Crippen LogP contribution >= 0.6 is 0 Å². The van der Waals surface area contributed by atoms with Crippen LogP contribution in [0.4, 0.5) is 0 Å². The lowest BCUT2D eigenvalue weighted by molar-refractivity contribution is -0.132. The Hall–Kier alpha value is -3.03. The molecule has 4 heterocycles. The molecule has 1 aliphatic rings. The summed E-state index contributed by atoms with van der Waals surface area (Å²) in [6.07, 6.45) is 5.58. The van der Waals surface area contributed by atoms with E-state index in [-0.39, 0.29) is 11.8 Å². The van der Waals surface area contributed by atoms with Crippen molar-refractivity contribution in [3.05, 3.63) is 47.3 Å². The highest BCUT2D eigenvalue weighted by Crippen LogP contribution is 2.28. The summed E-state index contributed by atoms with van der Waals surface area (Å²) in [6, 6.07) is 3.70. The Kier molecular flexibility index (Phi) is 5.42. The van der Waals surface area contributed by atoms with Crippen molar-refractivity contribution in [2.45, 2.75) is 52.5 Å². The second kappa shape index (κ2) is 8.14. The number of likely N-dealkylation sites (tertiary alicyclic amines) is 1. The summed E-state index contributed by atoms with van der Waals surface area (Å²) in [6.45, 7) is 8.19. The summed E-state index contributed by atoms with van der Waals surface area (Å²) < 4.78 is 7.35. The number of carbonyl (C=O) groups is 1. The molecule has 3 aromatic rings.